The van der Waals surface area contributed by atoms with Crippen LogP contribution in [-0.2, 0) is 6.42 Å². The van der Waals surface area contributed by atoms with E-state index in [4.69, 9.17) is 0 Å². The number of aryl methyl sites for hydroxylation is 1. The molecule has 1 amide bonds. The summed E-state index contributed by atoms with van der Waals surface area (Å²) >= 11 is 0. The van der Waals surface area contributed by atoms with Crippen LogP contribution in [0.2, 0.25) is 0 Å². The highest BCUT2D eigenvalue weighted by Crippen LogP contribution is 2.17. The fraction of sp³-hybridized carbons (Fsp3) is 0.235. The zero-order valence-electron chi connectivity index (χ0n) is 11.8. The highest BCUT2D eigenvalue weighted by atomic mass is 16.3. The lowest BCUT2D eigenvalue weighted by Gasteiger charge is -2.14. The van der Waals surface area contributed by atoms with E-state index in [1.165, 1.54) is 5.56 Å². The Bertz CT molecular complexity index is 593. The van der Waals surface area contributed by atoms with Gasteiger partial charge in [0.15, 0.2) is 0 Å². The summed E-state index contributed by atoms with van der Waals surface area (Å²) in [5, 5.41) is 12.4. The number of hydrogen-bond donors (Lipinski definition) is 2. The second-order valence-electron chi connectivity index (χ2n) is 5.07. The van der Waals surface area contributed by atoms with Crippen molar-refractivity contribution in [1.29, 1.82) is 0 Å². The van der Waals surface area contributed by atoms with Crippen LogP contribution >= 0.6 is 0 Å². The number of amides is 1. The van der Waals surface area contributed by atoms with Crippen molar-refractivity contribution in [1.82, 2.24) is 5.32 Å². The first kappa shape index (κ1) is 14.1. The molecular weight excluding hydrogens is 250 g/mol. The van der Waals surface area contributed by atoms with Crippen LogP contribution in [0.1, 0.15) is 28.4 Å². The van der Waals surface area contributed by atoms with Crippen molar-refractivity contribution in [2.45, 2.75) is 26.3 Å². The van der Waals surface area contributed by atoms with Crippen LogP contribution in [0.15, 0.2) is 48.5 Å². The molecule has 104 valence electrons. The smallest absolute Gasteiger partial charge is 0.251 e. The number of aromatic hydroxyl groups is 1. The maximum atomic E-state index is 12.1. The van der Waals surface area contributed by atoms with Gasteiger partial charge in [0, 0.05) is 11.6 Å². The Labute approximate surface area is 119 Å². The van der Waals surface area contributed by atoms with Gasteiger partial charge in [-0.25, -0.2) is 0 Å². The second kappa shape index (κ2) is 6.24. The number of carbonyl (C=O) groups excluding carboxylic acids is 1. The number of rotatable bonds is 4. The van der Waals surface area contributed by atoms with Crippen LogP contribution in [0.3, 0.4) is 0 Å². The van der Waals surface area contributed by atoms with Crippen molar-refractivity contribution in [2.75, 3.05) is 0 Å². The molecule has 0 heterocycles. The number of carbonyl (C=O) groups is 1. The molecule has 20 heavy (non-hydrogen) atoms. The molecule has 0 saturated heterocycles. The van der Waals surface area contributed by atoms with Crippen LogP contribution in [0.4, 0.5) is 0 Å². The van der Waals surface area contributed by atoms with E-state index in [1.807, 2.05) is 37.3 Å². The van der Waals surface area contributed by atoms with E-state index in [1.54, 1.807) is 25.1 Å². The molecule has 0 aliphatic heterocycles. The highest BCUT2D eigenvalue weighted by molar-refractivity contribution is 5.94. The van der Waals surface area contributed by atoms with Crippen molar-refractivity contribution >= 4 is 5.91 Å². The van der Waals surface area contributed by atoms with E-state index >= 15 is 0 Å². The van der Waals surface area contributed by atoms with E-state index in [0.29, 0.717) is 11.1 Å². The Morgan fingerprint density at radius 2 is 1.90 bits per heavy atom. The molecule has 0 aliphatic rings. The Morgan fingerprint density at radius 3 is 2.55 bits per heavy atom. The summed E-state index contributed by atoms with van der Waals surface area (Å²) < 4.78 is 0. The summed E-state index contributed by atoms with van der Waals surface area (Å²) in [5.41, 5.74) is 2.47. The summed E-state index contributed by atoms with van der Waals surface area (Å²) in [4.78, 5) is 12.1. The van der Waals surface area contributed by atoms with Gasteiger partial charge in [0.1, 0.15) is 5.75 Å². The van der Waals surface area contributed by atoms with Crippen LogP contribution in [0, 0.1) is 6.92 Å². The fourth-order valence-electron chi connectivity index (χ4n) is 2.12. The molecule has 0 fully saturated rings. The summed E-state index contributed by atoms with van der Waals surface area (Å²) in [6.07, 6.45) is 0.795. The minimum absolute atomic E-state index is 0.0546. The summed E-state index contributed by atoms with van der Waals surface area (Å²) in [6, 6.07) is 15.0. The maximum Gasteiger partial charge on any atom is 0.251 e. The average Bonchev–Trinajstić information content (AvgIpc) is 2.42. The molecule has 0 bridgehead atoms. The molecule has 3 nitrogen and oxygen atoms in total. The van der Waals surface area contributed by atoms with Gasteiger partial charge in [-0.3, -0.25) is 4.79 Å². The molecule has 0 aromatic heterocycles. The van der Waals surface area contributed by atoms with Crippen molar-refractivity contribution < 1.29 is 9.90 Å². The lowest BCUT2D eigenvalue weighted by Crippen LogP contribution is -2.34. The van der Waals surface area contributed by atoms with Gasteiger partial charge < -0.3 is 10.4 Å². The van der Waals surface area contributed by atoms with Gasteiger partial charge in [-0.2, -0.15) is 0 Å². The third-order valence-electron chi connectivity index (χ3n) is 3.22. The third-order valence-corrected chi connectivity index (χ3v) is 3.22. The third kappa shape index (κ3) is 3.60. The largest absolute Gasteiger partial charge is 0.508 e. The van der Waals surface area contributed by atoms with Crippen LogP contribution in [0.5, 0.6) is 5.75 Å². The molecular formula is C17H19NO2. The highest BCUT2D eigenvalue weighted by Gasteiger charge is 2.11. The lowest BCUT2D eigenvalue weighted by molar-refractivity contribution is 0.0940. The first-order chi connectivity index (χ1) is 9.56. The first-order valence-corrected chi connectivity index (χ1v) is 6.70. The lowest BCUT2D eigenvalue weighted by atomic mass is 10.1. The van der Waals surface area contributed by atoms with Gasteiger partial charge in [-0.1, -0.05) is 30.3 Å². The molecule has 3 heteroatoms. The zero-order valence-corrected chi connectivity index (χ0v) is 11.8. The van der Waals surface area contributed by atoms with Gasteiger partial charge >= 0.3 is 0 Å². The van der Waals surface area contributed by atoms with Crippen molar-refractivity contribution in [3.8, 4) is 5.75 Å². The average molecular weight is 269 g/mol. The molecule has 0 saturated carbocycles. The minimum atomic E-state index is -0.114. The molecule has 1 atom stereocenters. The molecule has 2 rings (SSSR count). The zero-order chi connectivity index (χ0) is 14.5. The normalized spacial score (nSPS) is 11.9. The number of phenolic OH excluding ortho intramolecular Hbond substituents is 1. The summed E-state index contributed by atoms with van der Waals surface area (Å²) in [5.74, 6) is 0.0930. The number of hydrogen-bond acceptors (Lipinski definition) is 2. The molecule has 1 unspecified atom stereocenters. The molecule has 2 aromatic carbocycles. The number of nitrogens with one attached hydrogen (secondary N) is 1. The van der Waals surface area contributed by atoms with Gasteiger partial charge in [0.05, 0.1) is 0 Å². The maximum absolute atomic E-state index is 12.1. The predicted octanol–water partition coefficient (Wildman–Crippen LogP) is 3.06. The van der Waals surface area contributed by atoms with Gasteiger partial charge in [-0.05, 0) is 49.6 Å². The topological polar surface area (TPSA) is 49.3 Å². The van der Waals surface area contributed by atoms with Gasteiger partial charge in [-0.15, -0.1) is 0 Å². The molecule has 0 radical (unpaired) electrons. The number of phenols is 1. The Kier molecular flexibility index (Phi) is 4.41. The quantitative estimate of drug-likeness (QED) is 0.896. The molecule has 0 spiro atoms. The van der Waals surface area contributed by atoms with Crippen molar-refractivity contribution in [3.05, 3.63) is 65.2 Å². The predicted molar refractivity (Wildman–Crippen MR) is 79.9 cm³/mol. The number of benzene rings is 2. The SMILES string of the molecule is Cc1cc(C(=O)NC(C)Cc2ccccc2)ccc1O. The van der Waals surface area contributed by atoms with E-state index in [0.717, 1.165) is 6.42 Å². The van der Waals surface area contributed by atoms with E-state index in [9.17, 15) is 9.90 Å². The Morgan fingerprint density at radius 1 is 1.20 bits per heavy atom. The van der Waals surface area contributed by atoms with E-state index in [-0.39, 0.29) is 17.7 Å². The summed E-state index contributed by atoms with van der Waals surface area (Å²) in [6.45, 7) is 3.76. The van der Waals surface area contributed by atoms with Gasteiger partial charge in [0.2, 0.25) is 0 Å². The monoisotopic (exact) mass is 269 g/mol. The summed E-state index contributed by atoms with van der Waals surface area (Å²) in [7, 11) is 0. The Hall–Kier alpha value is -2.29. The van der Waals surface area contributed by atoms with Crippen molar-refractivity contribution in [2.24, 2.45) is 0 Å². The standard InChI is InChI=1S/C17H19NO2/c1-12-10-15(8-9-16(12)19)17(20)18-13(2)11-14-6-4-3-5-7-14/h3-10,13,19H,11H2,1-2H3,(H,18,20). The van der Waals surface area contributed by atoms with Crippen LogP contribution in [0.25, 0.3) is 0 Å². The Balaban J connectivity index is 1.98. The molecule has 2 N–H and O–H groups in total. The minimum Gasteiger partial charge on any atom is -0.508 e. The molecule has 2 aromatic rings. The van der Waals surface area contributed by atoms with Crippen LogP contribution in [-0.4, -0.2) is 17.1 Å². The first-order valence-electron chi connectivity index (χ1n) is 6.70. The van der Waals surface area contributed by atoms with Crippen molar-refractivity contribution in [3.63, 3.8) is 0 Å². The van der Waals surface area contributed by atoms with Gasteiger partial charge in [0.25, 0.3) is 5.91 Å². The van der Waals surface area contributed by atoms with E-state index in [2.05, 4.69) is 5.32 Å². The van der Waals surface area contributed by atoms with Crippen LogP contribution < -0.4 is 5.32 Å². The molecule has 0 aliphatic carbocycles. The van der Waals surface area contributed by atoms with E-state index < -0.39 is 0 Å². The second-order valence-corrected chi connectivity index (χ2v) is 5.07. The fourth-order valence-corrected chi connectivity index (χ4v) is 2.12.